The number of halogens is 3. The number of hydrogen-bond donors (Lipinski definition) is 0. The molecule has 0 aliphatic carbocycles. The molecular formula is C13H17BrClF. The van der Waals surface area contributed by atoms with Gasteiger partial charge in [0.15, 0.2) is 0 Å². The molecule has 0 spiro atoms. The van der Waals surface area contributed by atoms with Crippen LogP contribution in [-0.2, 0) is 6.42 Å². The van der Waals surface area contributed by atoms with Gasteiger partial charge in [-0.05, 0) is 42.9 Å². The van der Waals surface area contributed by atoms with E-state index in [1.165, 1.54) is 12.1 Å². The van der Waals surface area contributed by atoms with Gasteiger partial charge in [-0.1, -0.05) is 35.8 Å². The first-order valence-corrected chi connectivity index (χ1v) is 6.72. The predicted octanol–water partition coefficient (Wildman–Crippen LogP) is 5.03. The van der Waals surface area contributed by atoms with Crippen molar-refractivity contribution >= 4 is 27.5 Å². The summed E-state index contributed by atoms with van der Waals surface area (Å²) in [5, 5.41) is 0.122. The average molecular weight is 308 g/mol. The SMILES string of the molecule is CC(C)C(Cc1ccc(F)cc1Br)C(C)Cl. The number of benzene rings is 1. The second-order valence-electron chi connectivity index (χ2n) is 4.53. The molecule has 1 rings (SSSR count). The van der Waals surface area contributed by atoms with E-state index >= 15 is 0 Å². The monoisotopic (exact) mass is 306 g/mol. The third kappa shape index (κ3) is 3.74. The summed E-state index contributed by atoms with van der Waals surface area (Å²) in [5.41, 5.74) is 1.12. The maximum Gasteiger partial charge on any atom is 0.124 e. The lowest BCUT2D eigenvalue weighted by atomic mass is 9.87. The average Bonchev–Trinajstić information content (AvgIpc) is 2.15. The molecule has 0 aliphatic heterocycles. The van der Waals surface area contributed by atoms with Crippen LogP contribution >= 0.6 is 27.5 Å². The third-order valence-corrected chi connectivity index (χ3v) is 3.98. The van der Waals surface area contributed by atoms with Crippen LogP contribution in [0.4, 0.5) is 4.39 Å². The Morgan fingerprint density at radius 3 is 2.38 bits per heavy atom. The van der Waals surface area contributed by atoms with Crippen LogP contribution in [0.2, 0.25) is 0 Å². The maximum atomic E-state index is 12.9. The van der Waals surface area contributed by atoms with Gasteiger partial charge in [0.05, 0.1) is 0 Å². The van der Waals surface area contributed by atoms with Crippen LogP contribution in [0, 0.1) is 17.7 Å². The predicted molar refractivity (Wildman–Crippen MR) is 71.4 cm³/mol. The minimum absolute atomic E-state index is 0.122. The van der Waals surface area contributed by atoms with Crippen molar-refractivity contribution < 1.29 is 4.39 Å². The Hall–Kier alpha value is -0.0800. The molecule has 16 heavy (non-hydrogen) atoms. The van der Waals surface area contributed by atoms with Crippen LogP contribution in [0.5, 0.6) is 0 Å². The van der Waals surface area contributed by atoms with Gasteiger partial charge in [-0.3, -0.25) is 0 Å². The molecule has 0 aliphatic rings. The summed E-state index contributed by atoms with van der Waals surface area (Å²) in [5.74, 6) is 0.712. The smallest absolute Gasteiger partial charge is 0.124 e. The summed E-state index contributed by atoms with van der Waals surface area (Å²) in [6.45, 7) is 6.35. The van der Waals surface area contributed by atoms with Gasteiger partial charge in [0.25, 0.3) is 0 Å². The molecule has 0 amide bonds. The lowest BCUT2D eigenvalue weighted by molar-refractivity contribution is 0.376. The quantitative estimate of drug-likeness (QED) is 0.684. The number of hydrogen-bond acceptors (Lipinski definition) is 0. The van der Waals surface area contributed by atoms with Gasteiger partial charge in [0, 0.05) is 9.85 Å². The summed E-state index contributed by atoms with van der Waals surface area (Å²) >= 11 is 9.57. The highest BCUT2D eigenvalue weighted by atomic mass is 79.9. The van der Waals surface area contributed by atoms with Crippen LogP contribution in [0.1, 0.15) is 26.3 Å². The minimum Gasteiger partial charge on any atom is -0.207 e. The molecule has 90 valence electrons. The van der Waals surface area contributed by atoms with Gasteiger partial charge in [-0.15, -0.1) is 11.6 Å². The highest BCUT2D eigenvalue weighted by molar-refractivity contribution is 9.10. The van der Waals surface area contributed by atoms with Crippen LogP contribution in [-0.4, -0.2) is 5.38 Å². The van der Waals surface area contributed by atoms with Crippen molar-refractivity contribution in [2.24, 2.45) is 11.8 Å². The van der Waals surface area contributed by atoms with Crippen LogP contribution < -0.4 is 0 Å². The molecular weight excluding hydrogens is 290 g/mol. The molecule has 0 bridgehead atoms. The van der Waals surface area contributed by atoms with Crippen LogP contribution in [0.3, 0.4) is 0 Å². The lowest BCUT2D eigenvalue weighted by Crippen LogP contribution is -2.20. The topological polar surface area (TPSA) is 0 Å². The summed E-state index contributed by atoms with van der Waals surface area (Å²) in [6.07, 6.45) is 0.878. The third-order valence-electron chi connectivity index (χ3n) is 2.92. The van der Waals surface area contributed by atoms with Gasteiger partial charge in [0.1, 0.15) is 5.82 Å². The maximum absolute atomic E-state index is 12.9. The van der Waals surface area contributed by atoms with Crippen molar-refractivity contribution in [2.45, 2.75) is 32.6 Å². The normalized spacial score (nSPS) is 15.2. The first-order chi connectivity index (χ1) is 7.41. The van der Waals surface area contributed by atoms with E-state index < -0.39 is 0 Å². The second-order valence-corrected chi connectivity index (χ2v) is 6.07. The standard InChI is InChI=1S/C13H17BrClF/c1-8(2)12(9(3)15)6-10-4-5-11(16)7-13(10)14/h4-5,7-9,12H,6H2,1-3H3. The van der Waals surface area contributed by atoms with Crippen molar-refractivity contribution in [2.75, 3.05) is 0 Å². The summed E-state index contributed by atoms with van der Waals surface area (Å²) in [7, 11) is 0. The molecule has 0 saturated heterocycles. The molecule has 2 unspecified atom stereocenters. The van der Waals surface area contributed by atoms with Gasteiger partial charge < -0.3 is 0 Å². The minimum atomic E-state index is -0.212. The zero-order valence-corrected chi connectivity index (χ0v) is 12.1. The summed E-state index contributed by atoms with van der Waals surface area (Å²) in [6, 6.07) is 4.83. The molecule has 0 nitrogen and oxygen atoms in total. The van der Waals surface area contributed by atoms with Gasteiger partial charge in [-0.25, -0.2) is 4.39 Å². The number of rotatable bonds is 4. The van der Waals surface area contributed by atoms with Crippen LogP contribution in [0.15, 0.2) is 22.7 Å². The Kier molecular flexibility index (Phi) is 5.26. The van der Waals surface area contributed by atoms with E-state index in [-0.39, 0.29) is 11.2 Å². The van der Waals surface area contributed by atoms with Gasteiger partial charge in [0.2, 0.25) is 0 Å². The van der Waals surface area contributed by atoms with E-state index in [4.69, 9.17) is 11.6 Å². The molecule has 3 heteroatoms. The summed E-state index contributed by atoms with van der Waals surface area (Å²) < 4.78 is 13.8. The molecule has 2 atom stereocenters. The van der Waals surface area contributed by atoms with E-state index in [0.717, 1.165) is 16.5 Å². The highest BCUT2D eigenvalue weighted by Crippen LogP contribution is 2.28. The van der Waals surface area contributed by atoms with E-state index in [2.05, 4.69) is 29.8 Å². The Bertz CT molecular complexity index is 342. The van der Waals surface area contributed by atoms with Crippen molar-refractivity contribution in [3.05, 3.63) is 34.1 Å². The fraction of sp³-hybridized carbons (Fsp3) is 0.538. The second kappa shape index (κ2) is 6.02. The summed E-state index contributed by atoms with van der Waals surface area (Å²) in [4.78, 5) is 0. The first kappa shape index (κ1) is 14.0. The molecule has 0 saturated carbocycles. The fourth-order valence-electron chi connectivity index (χ4n) is 1.87. The lowest BCUT2D eigenvalue weighted by Gasteiger charge is -2.23. The fourth-order valence-corrected chi connectivity index (χ4v) is 2.76. The Labute approximate surface area is 110 Å². The zero-order valence-electron chi connectivity index (χ0n) is 9.81. The molecule has 0 radical (unpaired) electrons. The Balaban J connectivity index is 2.85. The van der Waals surface area contributed by atoms with Crippen molar-refractivity contribution in [3.63, 3.8) is 0 Å². The van der Waals surface area contributed by atoms with Crippen molar-refractivity contribution in [3.8, 4) is 0 Å². The molecule has 0 aromatic heterocycles. The molecule has 1 aromatic carbocycles. The van der Waals surface area contributed by atoms with E-state index in [0.29, 0.717) is 11.8 Å². The molecule has 0 fully saturated rings. The Morgan fingerprint density at radius 1 is 1.31 bits per heavy atom. The zero-order chi connectivity index (χ0) is 12.3. The van der Waals surface area contributed by atoms with Crippen molar-refractivity contribution in [1.82, 2.24) is 0 Å². The molecule has 0 heterocycles. The molecule has 0 N–H and O–H groups in total. The first-order valence-electron chi connectivity index (χ1n) is 5.49. The van der Waals surface area contributed by atoms with Gasteiger partial charge in [-0.2, -0.15) is 0 Å². The van der Waals surface area contributed by atoms with Crippen molar-refractivity contribution in [1.29, 1.82) is 0 Å². The highest BCUT2D eigenvalue weighted by Gasteiger charge is 2.20. The molecule has 1 aromatic rings. The van der Waals surface area contributed by atoms with E-state index in [1.54, 1.807) is 0 Å². The van der Waals surface area contributed by atoms with E-state index in [9.17, 15) is 4.39 Å². The van der Waals surface area contributed by atoms with Gasteiger partial charge >= 0.3 is 0 Å². The van der Waals surface area contributed by atoms with Crippen LogP contribution in [0.25, 0.3) is 0 Å². The Morgan fingerprint density at radius 2 is 1.94 bits per heavy atom. The largest absolute Gasteiger partial charge is 0.207 e. The number of alkyl halides is 1. The van der Waals surface area contributed by atoms with E-state index in [1.807, 2.05) is 13.0 Å².